The molecule has 0 aromatic heterocycles. The van der Waals surface area contributed by atoms with Crippen molar-refractivity contribution in [3.05, 3.63) is 0 Å². The van der Waals surface area contributed by atoms with Crippen LogP contribution in [-0.4, -0.2) is 43.0 Å². The number of rotatable bonds is 5. The van der Waals surface area contributed by atoms with Gasteiger partial charge in [0.1, 0.15) is 0 Å². The SMILES string of the molecule is CC(C)CC(NC1CC(N)C1)C(=O)N(C)C. The van der Waals surface area contributed by atoms with Crippen molar-refractivity contribution in [1.82, 2.24) is 10.2 Å². The number of nitrogens with one attached hydrogen (secondary N) is 1. The average molecular weight is 227 g/mol. The number of nitrogens with two attached hydrogens (primary N) is 1. The molecule has 4 heteroatoms. The van der Waals surface area contributed by atoms with Crippen molar-refractivity contribution in [3.63, 3.8) is 0 Å². The van der Waals surface area contributed by atoms with Crippen LogP contribution in [-0.2, 0) is 4.79 Å². The zero-order valence-corrected chi connectivity index (χ0v) is 10.9. The van der Waals surface area contributed by atoms with Gasteiger partial charge in [0.05, 0.1) is 6.04 Å². The van der Waals surface area contributed by atoms with Gasteiger partial charge in [0, 0.05) is 26.2 Å². The first-order chi connectivity index (χ1) is 7.40. The number of carbonyl (C=O) groups is 1. The van der Waals surface area contributed by atoms with Crippen molar-refractivity contribution >= 4 is 5.91 Å². The van der Waals surface area contributed by atoms with Crippen molar-refractivity contribution in [1.29, 1.82) is 0 Å². The zero-order valence-electron chi connectivity index (χ0n) is 10.9. The lowest BCUT2D eigenvalue weighted by atomic mass is 9.86. The number of carbonyl (C=O) groups excluding carboxylic acids is 1. The van der Waals surface area contributed by atoms with E-state index in [1.807, 2.05) is 14.1 Å². The fourth-order valence-corrected chi connectivity index (χ4v) is 2.11. The summed E-state index contributed by atoms with van der Waals surface area (Å²) in [5, 5.41) is 3.43. The second-order valence-corrected chi connectivity index (χ2v) is 5.51. The maximum Gasteiger partial charge on any atom is 0.239 e. The quantitative estimate of drug-likeness (QED) is 0.722. The highest BCUT2D eigenvalue weighted by Crippen LogP contribution is 2.19. The lowest BCUT2D eigenvalue weighted by Crippen LogP contribution is -2.55. The summed E-state index contributed by atoms with van der Waals surface area (Å²) in [5.41, 5.74) is 5.75. The molecule has 0 saturated heterocycles. The van der Waals surface area contributed by atoms with Gasteiger partial charge in [0.15, 0.2) is 0 Å². The summed E-state index contributed by atoms with van der Waals surface area (Å²) in [4.78, 5) is 13.6. The summed E-state index contributed by atoms with van der Waals surface area (Å²) in [6.45, 7) is 4.29. The minimum atomic E-state index is -0.0486. The Morgan fingerprint density at radius 1 is 1.44 bits per heavy atom. The first kappa shape index (κ1) is 13.5. The van der Waals surface area contributed by atoms with Gasteiger partial charge in [-0.1, -0.05) is 13.8 Å². The molecule has 0 aliphatic heterocycles. The Hall–Kier alpha value is -0.610. The Morgan fingerprint density at radius 2 is 2.00 bits per heavy atom. The van der Waals surface area contributed by atoms with Crippen LogP contribution in [0.15, 0.2) is 0 Å². The van der Waals surface area contributed by atoms with Gasteiger partial charge >= 0.3 is 0 Å². The Morgan fingerprint density at radius 3 is 2.38 bits per heavy atom. The number of nitrogens with zero attached hydrogens (tertiary/aromatic N) is 1. The standard InChI is InChI=1S/C12H25N3O/c1-8(2)5-11(12(16)15(3)4)14-10-6-9(13)7-10/h8-11,14H,5-7,13H2,1-4H3. The summed E-state index contributed by atoms with van der Waals surface area (Å²) in [6, 6.07) is 0.710. The molecule has 1 rings (SSSR count). The van der Waals surface area contributed by atoms with Gasteiger partial charge in [-0.25, -0.2) is 0 Å². The summed E-state index contributed by atoms with van der Waals surface area (Å²) >= 11 is 0. The third-order valence-corrected chi connectivity index (χ3v) is 3.06. The van der Waals surface area contributed by atoms with E-state index in [1.54, 1.807) is 4.90 Å². The molecule has 1 aliphatic carbocycles. The Bertz CT molecular complexity index is 234. The monoisotopic (exact) mass is 227 g/mol. The highest BCUT2D eigenvalue weighted by molar-refractivity contribution is 5.81. The molecule has 0 aromatic carbocycles. The molecule has 0 heterocycles. The van der Waals surface area contributed by atoms with E-state index in [0.29, 0.717) is 18.0 Å². The lowest BCUT2D eigenvalue weighted by molar-refractivity contribution is -0.131. The van der Waals surface area contributed by atoms with Crippen LogP contribution < -0.4 is 11.1 Å². The highest BCUT2D eigenvalue weighted by Gasteiger charge is 2.31. The van der Waals surface area contributed by atoms with Gasteiger partial charge < -0.3 is 16.0 Å². The molecule has 0 spiro atoms. The largest absolute Gasteiger partial charge is 0.347 e. The Kier molecular flexibility index (Phi) is 4.74. The van der Waals surface area contributed by atoms with Crippen LogP contribution in [0.1, 0.15) is 33.1 Å². The van der Waals surface area contributed by atoms with Crippen molar-refractivity contribution in [2.75, 3.05) is 14.1 Å². The van der Waals surface area contributed by atoms with E-state index in [0.717, 1.165) is 19.3 Å². The normalized spacial score (nSPS) is 26.4. The highest BCUT2D eigenvalue weighted by atomic mass is 16.2. The lowest BCUT2D eigenvalue weighted by Gasteiger charge is -2.37. The van der Waals surface area contributed by atoms with E-state index >= 15 is 0 Å². The van der Waals surface area contributed by atoms with Crippen molar-refractivity contribution in [2.45, 2.75) is 51.2 Å². The topological polar surface area (TPSA) is 58.4 Å². The molecule has 1 atom stereocenters. The van der Waals surface area contributed by atoms with Crippen LogP contribution in [0.3, 0.4) is 0 Å². The van der Waals surface area contributed by atoms with Crippen LogP contribution in [0.2, 0.25) is 0 Å². The van der Waals surface area contributed by atoms with Crippen molar-refractivity contribution in [2.24, 2.45) is 11.7 Å². The fourth-order valence-electron chi connectivity index (χ4n) is 2.11. The third kappa shape index (κ3) is 3.76. The minimum Gasteiger partial charge on any atom is -0.347 e. The first-order valence-electron chi connectivity index (χ1n) is 6.13. The molecule has 1 saturated carbocycles. The predicted octanol–water partition coefficient (Wildman–Crippen LogP) is 0.569. The molecule has 3 N–H and O–H groups in total. The molecule has 0 aromatic rings. The van der Waals surface area contributed by atoms with Gasteiger partial charge in [-0.3, -0.25) is 4.79 Å². The second-order valence-electron chi connectivity index (χ2n) is 5.51. The minimum absolute atomic E-state index is 0.0486. The van der Waals surface area contributed by atoms with Gasteiger partial charge in [-0.05, 0) is 25.2 Å². The molecule has 1 amide bonds. The van der Waals surface area contributed by atoms with Gasteiger partial charge in [-0.15, -0.1) is 0 Å². The van der Waals surface area contributed by atoms with Crippen LogP contribution in [0.4, 0.5) is 0 Å². The molecule has 4 nitrogen and oxygen atoms in total. The van der Waals surface area contributed by atoms with Gasteiger partial charge in [0.2, 0.25) is 5.91 Å². The second kappa shape index (κ2) is 5.64. The molecular weight excluding hydrogens is 202 g/mol. The number of hydrogen-bond donors (Lipinski definition) is 2. The van der Waals surface area contributed by atoms with Crippen molar-refractivity contribution in [3.8, 4) is 0 Å². The van der Waals surface area contributed by atoms with Crippen LogP contribution in [0, 0.1) is 5.92 Å². The maximum absolute atomic E-state index is 12.0. The molecule has 1 unspecified atom stereocenters. The van der Waals surface area contributed by atoms with E-state index in [2.05, 4.69) is 19.2 Å². The summed E-state index contributed by atoms with van der Waals surface area (Å²) in [7, 11) is 3.62. The smallest absolute Gasteiger partial charge is 0.239 e. The Labute approximate surface area is 98.6 Å². The van der Waals surface area contributed by atoms with E-state index in [4.69, 9.17) is 5.73 Å². The van der Waals surface area contributed by atoms with E-state index in [-0.39, 0.29) is 11.9 Å². The molecule has 1 fully saturated rings. The molecule has 0 radical (unpaired) electrons. The maximum atomic E-state index is 12.0. The molecule has 1 aliphatic rings. The predicted molar refractivity (Wildman–Crippen MR) is 66.1 cm³/mol. The molecular formula is C12H25N3O. The van der Waals surface area contributed by atoms with Crippen LogP contribution >= 0.6 is 0 Å². The number of hydrogen-bond acceptors (Lipinski definition) is 3. The van der Waals surface area contributed by atoms with Crippen LogP contribution in [0.25, 0.3) is 0 Å². The van der Waals surface area contributed by atoms with Crippen molar-refractivity contribution < 1.29 is 4.79 Å². The summed E-state index contributed by atoms with van der Waals surface area (Å²) < 4.78 is 0. The Balaban J connectivity index is 2.47. The van der Waals surface area contributed by atoms with Gasteiger partial charge in [-0.2, -0.15) is 0 Å². The molecule has 94 valence electrons. The van der Waals surface area contributed by atoms with Crippen LogP contribution in [0.5, 0.6) is 0 Å². The summed E-state index contributed by atoms with van der Waals surface area (Å²) in [5.74, 6) is 0.698. The third-order valence-electron chi connectivity index (χ3n) is 3.06. The van der Waals surface area contributed by atoms with Gasteiger partial charge in [0.25, 0.3) is 0 Å². The van der Waals surface area contributed by atoms with E-state index < -0.39 is 0 Å². The number of likely N-dealkylation sites (N-methyl/N-ethyl adjacent to an activating group) is 1. The first-order valence-corrected chi connectivity index (χ1v) is 6.13. The number of amides is 1. The van der Waals surface area contributed by atoms with E-state index in [9.17, 15) is 4.79 Å². The molecule has 0 bridgehead atoms. The fraction of sp³-hybridized carbons (Fsp3) is 0.917. The summed E-state index contributed by atoms with van der Waals surface area (Å²) in [6.07, 6.45) is 2.88. The average Bonchev–Trinajstić information content (AvgIpc) is 2.12. The molecule has 16 heavy (non-hydrogen) atoms. The van der Waals surface area contributed by atoms with E-state index in [1.165, 1.54) is 0 Å². The zero-order chi connectivity index (χ0) is 12.3.